The van der Waals surface area contributed by atoms with Crippen LogP contribution in [0.4, 0.5) is 11.4 Å². The first-order valence-corrected chi connectivity index (χ1v) is 9.91. The van der Waals surface area contributed by atoms with Gasteiger partial charge in [0.2, 0.25) is 5.91 Å². The van der Waals surface area contributed by atoms with Crippen molar-refractivity contribution in [3.05, 3.63) is 23.8 Å². The average molecular weight is 357 g/mol. The Labute approximate surface area is 156 Å². The highest BCUT2D eigenvalue weighted by Crippen LogP contribution is 2.33. The molecule has 0 unspecified atom stereocenters. The van der Waals surface area contributed by atoms with E-state index >= 15 is 0 Å². The molecule has 3 rings (SSSR count). The molecule has 2 aliphatic rings. The van der Waals surface area contributed by atoms with Gasteiger partial charge in [-0.25, -0.2) is 0 Å². The summed E-state index contributed by atoms with van der Waals surface area (Å²) in [6.45, 7) is 10.1. The third-order valence-corrected chi connectivity index (χ3v) is 5.24. The lowest BCUT2D eigenvalue weighted by Crippen LogP contribution is -2.42. The van der Waals surface area contributed by atoms with E-state index in [2.05, 4.69) is 37.9 Å². The molecule has 0 spiro atoms. The number of carbonyl (C=O) groups is 2. The molecule has 0 aromatic heterocycles. The van der Waals surface area contributed by atoms with Gasteiger partial charge in [0, 0.05) is 36.8 Å². The fraction of sp³-hybridized carbons (Fsp3) is 0.619. The van der Waals surface area contributed by atoms with Gasteiger partial charge in [0.25, 0.3) is 5.91 Å². The number of benzene rings is 1. The number of nitrogens with zero attached hydrogens (tertiary/aromatic N) is 2. The van der Waals surface area contributed by atoms with E-state index in [1.54, 1.807) is 0 Å². The van der Waals surface area contributed by atoms with Crippen molar-refractivity contribution in [1.29, 1.82) is 0 Å². The highest BCUT2D eigenvalue weighted by atomic mass is 16.2. The van der Waals surface area contributed by atoms with Crippen molar-refractivity contribution in [2.75, 3.05) is 23.3 Å². The van der Waals surface area contributed by atoms with Crippen molar-refractivity contribution >= 4 is 23.2 Å². The van der Waals surface area contributed by atoms with Crippen molar-refractivity contribution < 1.29 is 9.59 Å². The van der Waals surface area contributed by atoms with E-state index in [-0.39, 0.29) is 29.8 Å². The summed E-state index contributed by atoms with van der Waals surface area (Å²) in [6, 6.07) is 6.02. The molecule has 0 bridgehead atoms. The highest BCUT2D eigenvalue weighted by Gasteiger charge is 2.30. The van der Waals surface area contributed by atoms with Crippen LogP contribution in [0.2, 0.25) is 0 Å². The zero-order valence-electron chi connectivity index (χ0n) is 16.4. The minimum Gasteiger partial charge on any atom is -0.371 e. The van der Waals surface area contributed by atoms with E-state index in [1.807, 2.05) is 23.1 Å². The smallest absolute Gasteiger partial charge is 0.256 e. The van der Waals surface area contributed by atoms with Gasteiger partial charge in [-0.2, -0.15) is 0 Å². The summed E-state index contributed by atoms with van der Waals surface area (Å²) >= 11 is 0. The molecule has 1 aliphatic heterocycles. The van der Waals surface area contributed by atoms with Gasteiger partial charge in [-0.05, 0) is 71.6 Å². The molecule has 26 heavy (non-hydrogen) atoms. The standard InChI is InChI=1S/C21H31N3O2/c1-14(2)24(15(3)4)21(26)18-10-9-17(22-20(25)16-7-8-16)13-19(18)23-11-5-6-12-23/h9-10,13-16H,5-8,11-12H2,1-4H3,(H,22,25). The van der Waals surface area contributed by atoms with Crippen LogP contribution in [0.1, 0.15) is 63.7 Å². The minimum atomic E-state index is 0.0666. The van der Waals surface area contributed by atoms with E-state index in [4.69, 9.17) is 0 Å². The van der Waals surface area contributed by atoms with Crippen LogP contribution in [0.15, 0.2) is 18.2 Å². The number of anilines is 2. The predicted octanol–water partition coefficient (Wildman–Crippen LogP) is 3.89. The number of amides is 2. The minimum absolute atomic E-state index is 0.0666. The lowest BCUT2D eigenvalue weighted by molar-refractivity contribution is -0.117. The van der Waals surface area contributed by atoms with Crippen LogP contribution in [0, 0.1) is 5.92 Å². The third-order valence-electron chi connectivity index (χ3n) is 5.24. The summed E-state index contributed by atoms with van der Waals surface area (Å²) in [6.07, 6.45) is 4.26. The maximum Gasteiger partial charge on any atom is 0.256 e. The van der Waals surface area contributed by atoms with E-state index in [9.17, 15) is 9.59 Å². The number of nitrogens with one attached hydrogen (secondary N) is 1. The molecule has 2 amide bonds. The van der Waals surface area contributed by atoms with Crippen molar-refractivity contribution in [3.63, 3.8) is 0 Å². The molecule has 5 heteroatoms. The monoisotopic (exact) mass is 357 g/mol. The molecule has 1 aromatic rings. The second kappa shape index (κ2) is 7.68. The molecular formula is C21H31N3O2. The van der Waals surface area contributed by atoms with Crippen LogP contribution in [0.5, 0.6) is 0 Å². The Kier molecular flexibility index (Phi) is 5.54. The summed E-state index contributed by atoms with van der Waals surface area (Å²) in [4.78, 5) is 29.6. The second-order valence-corrected chi connectivity index (χ2v) is 8.09. The summed E-state index contributed by atoms with van der Waals surface area (Å²) in [5.41, 5.74) is 2.48. The van der Waals surface area contributed by atoms with Gasteiger partial charge < -0.3 is 15.1 Å². The van der Waals surface area contributed by atoms with Crippen LogP contribution in [0.25, 0.3) is 0 Å². The number of rotatable bonds is 6. The van der Waals surface area contributed by atoms with E-state index < -0.39 is 0 Å². The zero-order valence-corrected chi connectivity index (χ0v) is 16.4. The van der Waals surface area contributed by atoms with Crippen LogP contribution in [-0.2, 0) is 4.79 Å². The summed E-state index contributed by atoms with van der Waals surface area (Å²) in [7, 11) is 0. The number of hydrogen-bond acceptors (Lipinski definition) is 3. The third kappa shape index (κ3) is 4.02. The van der Waals surface area contributed by atoms with Gasteiger partial charge in [0.05, 0.1) is 11.3 Å². The van der Waals surface area contributed by atoms with Crippen molar-refractivity contribution in [2.24, 2.45) is 5.92 Å². The Bertz CT molecular complexity index is 666. The molecule has 1 saturated carbocycles. The lowest BCUT2D eigenvalue weighted by atomic mass is 10.1. The maximum absolute atomic E-state index is 13.3. The number of carbonyl (C=O) groups excluding carboxylic acids is 2. The molecule has 142 valence electrons. The Hall–Kier alpha value is -2.04. The van der Waals surface area contributed by atoms with Gasteiger partial charge in [-0.3, -0.25) is 9.59 Å². The summed E-state index contributed by atoms with van der Waals surface area (Å²) in [5.74, 6) is 0.336. The van der Waals surface area contributed by atoms with Crippen LogP contribution >= 0.6 is 0 Å². The van der Waals surface area contributed by atoms with Crippen molar-refractivity contribution in [2.45, 2.75) is 65.5 Å². The normalized spacial score (nSPS) is 17.1. The second-order valence-electron chi connectivity index (χ2n) is 8.09. The first-order chi connectivity index (χ1) is 12.4. The first-order valence-electron chi connectivity index (χ1n) is 9.91. The van der Waals surface area contributed by atoms with Crippen LogP contribution < -0.4 is 10.2 Å². The molecule has 1 heterocycles. The Balaban J connectivity index is 1.92. The molecule has 1 aromatic carbocycles. The van der Waals surface area contributed by atoms with Crippen LogP contribution in [-0.4, -0.2) is 41.9 Å². The van der Waals surface area contributed by atoms with E-state index in [0.29, 0.717) is 0 Å². The average Bonchev–Trinajstić information content (AvgIpc) is 3.29. The van der Waals surface area contributed by atoms with Crippen molar-refractivity contribution in [1.82, 2.24) is 4.90 Å². The van der Waals surface area contributed by atoms with Gasteiger partial charge >= 0.3 is 0 Å². The molecule has 1 aliphatic carbocycles. The molecule has 1 saturated heterocycles. The molecular weight excluding hydrogens is 326 g/mol. The summed E-state index contributed by atoms with van der Waals surface area (Å²) in [5, 5.41) is 3.02. The maximum atomic E-state index is 13.3. The molecule has 5 nitrogen and oxygen atoms in total. The van der Waals surface area contributed by atoms with Gasteiger partial charge in [0.15, 0.2) is 0 Å². The number of hydrogen-bond donors (Lipinski definition) is 1. The van der Waals surface area contributed by atoms with Gasteiger partial charge in [-0.1, -0.05) is 0 Å². The van der Waals surface area contributed by atoms with Crippen LogP contribution in [0.3, 0.4) is 0 Å². The lowest BCUT2D eigenvalue weighted by Gasteiger charge is -2.32. The largest absolute Gasteiger partial charge is 0.371 e. The highest BCUT2D eigenvalue weighted by molar-refractivity contribution is 6.02. The molecule has 0 atom stereocenters. The quantitative estimate of drug-likeness (QED) is 0.840. The van der Waals surface area contributed by atoms with E-state index in [0.717, 1.165) is 55.7 Å². The Morgan fingerprint density at radius 1 is 1.08 bits per heavy atom. The SMILES string of the molecule is CC(C)N(C(=O)c1ccc(NC(=O)C2CC2)cc1N1CCCC1)C(C)C. The topological polar surface area (TPSA) is 52.7 Å². The molecule has 1 N–H and O–H groups in total. The van der Waals surface area contributed by atoms with Gasteiger partial charge in [-0.15, -0.1) is 0 Å². The fourth-order valence-electron chi connectivity index (χ4n) is 3.80. The summed E-state index contributed by atoms with van der Waals surface area (Å²) < 4.78 is 0. The predicted molar refractivity (Wildman–Crippen MR) is 106 cm³/mol. The molecule has 2 fully saturated rings. The van der Waals surface area contributed by atoms with Gasteiger partial charge in [0.1, 0.15) is 0 Å². The fourth-order valence-corrected chi connectivity index (χ4v) is 3.80. The Morgan fingerprint density at radius 2 is 1.69 bits per heavy atom. The van der Waals surface area contributed by atoms with Crippen molar-refractivity contribution in [3.8, 4) is 0 Å². The Morgan fingerprint density at radius 3 is 2.23 bits per heavy atom. The molecule has 0 radical (unpaired) electrons. The zero-order chi connectivity index (χ0) is 18.8. The van der Waals surface area contributed by atoms with E-state index in [1.165, 1.54) is 0 Å². The first kappa shape index (κ1) is 18.7.